The smallest absolute Gasteiger partial charge is 0.456 e. The summed E-state index contributed by atoms with van der Waals surface area (Å²) >= 11 is 0. The van der Waals surface area contributed by atoms with Gasteiger partial charge < -0.3 is 4.74 Å². The molecule has 1 aliphatic carbocycles. The minimum absolute atomic E-state index is 0.274. The summed E-state index contributed by atoms with van der Waals surface area (Å²) in [7, 11) is 0. The SMILES string of the molecule is FC1=CCC(c2nn3c(OCC(F)(F)C(F)(F)F)cccc3c2-c2ccncc2)C=C1. The third-order valence-corrected chi connectivity index (χ3v) is 4.84. The fourth-order valence-corrected chi connectivity index (χ4v) is 3.29. The molecular weight excluding hydrogens is 424 g/mol. The normalized spacial score (nSPS) is 17.1. The lowest BCUT2D eigenvalue weighted by Crippen LogP contribution is -2.42. The van der Waals surface area contributed by atoms with Gasteiger partial charge >= 0.3 is 12.1 Å². The maximum atomic E-state index is 13.4. The first-order valence-electron chi connectivity index (χ1n) is 9.20. The molecule has 0 N–H and O–H groups in total. The summed E-state index contributed by atoms with van der Waals surface area (Å²) in [5.74, 6) is -6.01. The van der Waals surface area contributed by atoms with Crippen molar-refractivity contribution in [3.05, 3.63) is 72.5 Å². The van der Waals surface area contributed by atoms with E-state index in [-0.39, 0.29) is 17.6 Å². The second-order valence-electron chi connectivity index (χ2n) is 6.94. The molecule has 1 atom stereocenters. The molecule has 0 fully saturated rings. The Labute approximate surface area is 172 Å². The fourth-order valence-electron chi connectivity index (χ4n) is 3.29. The second-order valence-corrected chi connectivity index (χ2v) is 6.94. The Morgan fingerprint density at radius 2 is 1.81 bits per heavy atom. The van der Waals surface area contributed by atoms with Crippen LogP contribution < -0.4 is 4.74 Å². The Kier molecular flexibility index (Phi) is 5.24. The van der Waals surface area contributed by atoms with Gasteiger partial charge in [0.25, 0.3) is 0 Å². The maximum absolute atomic E-state index is 13.4. The van der Waals surface area contributed by atoms with Crippen molar-refractivity contribution in [2.24, 2.45) is 0 Å². The van der Waals surface area contributed by atoms with Crippen LogP contribution in [-0.2, 0) is 0 Å². The monoisotopic (exact) mass is 439 g/mol. The lowest BCUT2D eigenvalue weighted by atomic mass is 9.91. The second kappa shape index (κ2) is 7.75. The molecule has 0 aliphatic heterocycles. The predicted molar refractivity (Wildman–Crippen MR) is 101 cm³/mol. The van der Waals surface area contributed by atoms with E-state index in [0.29, 0.717) is 28.8 Å². The highest BCUT2D eigenvalue weighted by atomic mass is 19.4. The van der Waals surface area contributed by atoms with E-state index in [9.17, 15) is 26.3 Å². The van der Waals surface area contributed by atoms with Gasteiger partial charge in [-0.3, -0.25) is 4.98 Å². The van der Waals surface area contributed by atoms with Crippen LogP contribution in [-0.4, -0.2) is 33.3 Å². The highest BCUT2D eigenvalue weighted by Gasteiger charge is 2.58. The van der Waals surface area contributed by atoms with Crippen molar-refractivity contribution >= 4 is 5.52 Å². The standard InChI is InChI=1S/C21H15F6N3O/c22-15-6-4-14(5-7-15)19-18(13-8-10-28-11-9-13)16-2-1-3-17(30(16)29-19)31-12-20(23,24)21(25,26)27/h1-4,6-11,14H,5,12H2. The number of rotatable bonds is 5. The molecule has 162 valence electrons. The van der Waals surface area contributed by atoms with Gasteiger partial charge in [-0.2, -0.15) is 27.1 Å². The Bertz CT molecular complexity index is 1150. The average Bonchev–Trinajstić information content (AvgIpc) is 3.13. The molecular formula is C21H15F6N3O. The summed E-state index contributed by atoms with van der Waals surface area (Å²) in [5, 5.41) is 4.44. The van der Waals surface area contributed by atoms with Gasteiger partial charge in [0.05, 0.1) is 11.2 Å². The van der Waals surface area contributed by atoms with Gasteiger partial charge in [0.2, 0.25) is 5.88 Å². The third-order valence-electron chi connectivity index (χ3n) is 4.84. The Morgan fingerprint density at radius 3 is 2.45 bits per heavy atom. The quantitative estimate of drug-likeness (QED) is 0.467. The van der Waals surface area contributed by atoms with Gasteiger partial charge in [-0.1, -0.05) is 12.1 Å². The molecule has 0 bridgehead atoms. The van der Waals surface area contributed by atoms with Crippen molar-refractivity contribution < 1.29 is 31.1 Å². The Hall–Kier alpha value is -3.30. The summed E-state index contributed by atoms with van der Waals surface area (Å²) in [4.78, 5) is 3.97. The lowest BCUT2D eigenvalue weighted by molar-refractivity contribution is -0.290. The molecule has 3 aromatic rings. The van der Waals surface area contributed by atoms with Crippen molar-refractivity contribution in [2.45, 2.75) is 24.4 Å². The summed E-state index contributed by atoms with van der Waals surface area (Å²) < 4.78 is 83.7. The van der Waals surface area contributed by atoms with E-state index in [2.05, 4.69) is 10.1 Å². The number of halogens is 6. The fraction of sp³-hybridized carbons (Fsp3) is 0.238. The number of pyridine rings is 2. The van der Waals surface area contributed by atoms with Crippen molar-refractivity contribution in [1.29, 1.82) is 0 Å². The number of alkyl halides is 5. The van der Waals surface area contributed by atoms with Crippen LogP contribution in [0.5, 0.6) is 5.88 Å². The molecule has 10 heteroatoms. The van der Waals surface area contributed by atoms with Gasteiger partial charge in [-0.15, -0.1) is 0 Å². The lowest BCUT2D eigenvalue weighted by Gasteiger charge is -2.19. The first-order chi connectivity index (χ1) is 14.7. The Balaban J connectivity index is 1.80. The minimum Gasteiger partial charge on any atom is -0.471 e. The van der Waals surface area contributed by atoms with Crippen LogP contribution in [0.3, 0.4) is 0 Å². The van der Waals surface area contributed by atoms with Gasteiger partial charge in [-0.05, 0) is 42.3 Å². The zero-order valence-electron chi connectivity index (χ0n) is 15.8. The first kappa shape index (κ1) is 21.0. The van der Waals surface area contributed by atoms with Gasteiger partial charge in [0.1, 0.15) is 5.83 Å². The number of hydrogen-bond donors (Lipinski definition) is 0. The van der Waals surface area contributed by atoms with Gasteiger partial charge in [0, 0.05) is 29.9 Å². The highest BCUT2D eigenvalue weighted by molar-refractivity contribution is 5.83. The van der Waals surface area contributed by atoms with Crippen molar-refractivity contribution in [3.8, 4) is 17.0 Å². The number of fused-ring (bicyclic) bond motifs is 1. The van der Waals surface area contributed by atoms with Crippen LogP contribution in [0, 0.1) is 0 Å². The summed E-state index contributed by atoms with van der Waals surface area (Å²) in [6, 6.07) is 7.80. The number of nitrogens with zero attached hydrogens (tertiary/aromatic N) is 3. The topological polar surface area (TPSA) is 39.4 Å². The average molecular weight is 439 g/mol. The van der Waals surface area contributed by atoms with E-state index < -0.39 is 18.7 Å². The molecule has 1 aliphatic rings. The Morgan fingerprint density at radius 1 is 1.06 bits per heavy atom. The van der Waals surface area contributed by atoms with Crippen LogP contribution >= 0.6 is 0 Å². The van der Waals surface area contributed by atoms with Crippen LogP contribution in [0.1, 0.15) is 18.0 Å². The maximum Gasteiger partial charge on any atom is 0.456 e. The first-order valence-corrected chi connectivity index (χ1v) is 9.20. The number of ether oxygens (including phenoxy) is 1. The van der Waals surface area contributed by atoms with Crippen LogP contribution in [0.4, 0.5) is 26.3 Å². The molecule has 0 spiro atoms. The van der Waals surface area contributed by atoms with E-state index in [0.717, 1.165) is 0 Å². The van der Waals surface area contributed by atoms with Crippen molar-refractivity contribution in [3.63, 3.8) is 0 Å². The molecule has 0 amide bonds. The summed E-state index contributed by atoms with van der Waals surface area (Å²) in [5.41, 5.74) is 2.28. The third kappa shape index (κ3) is 4.01. The van der Waals surface area contributed by atoms with Crippen molar-refractivity contribution in [1.82, 2.24) is 14.6 Å². The minimum atomic E-state index is -5.73. The van der Waals surface area contributed by atoms with Crippen LogP contribution in [0.25, 0.3) is 16.6 Å². The molecule has 0 radical (unpaired) electrons. The van der Waals surface area contributed by atoms with E-state index in [1.165, 1.54) is 28.8 Å². The number of hydrogen-bond acceptors (Lipinski definition) is 3. The molecule has 4 nitrogen and oxygen atoms in total. The van der Waals surface area contributed by atoms with Crippen LogP contribution in [0.2, 0.25) is 0 Å². The van der Waals surface area contributed by atoms with Gasteiger partial charge in [0.15, 0.2) is 6.61 Å². The van der Waals surface area contributed by atoms with E-state index in [1.807, 2.05) is 0 Å². The molecule has 3 heterocycles. The van der Waals surface area contributed by atoms with Crippen LogP contribution in [0.15, 0.2) is 66.8 Å². The van der Waals surface area contributed by atoms with E-state index in [1.54, 1.807) is 36.7 Å². The molecule has 31 heavy (non-hydrogen) atoms. The number of aromatic nitrogens is 3. The molecule has 0 saturated heterocycles. The van der Waals surface area contributed by atoms with E-state index in [4.69, 9.17) is 4.74 Å². The number of allylic oxidation sites excluding steroid dienone is 4. The highest BCUT2D eigenvalue weighted by Crippen LogP contribution is 2.39. The van der Waals surface area contributed by atoms with Crippen molar-refractivity contribution in [2.75, 3.05) is 6.61 Å². The molecule has 3 aromatic heterocycles. The predicted octanol–water partition coefficient (Wildman–Crippen LogP) is 5.87. The van der Waals surface area contributed by atoms with Gasteiger partial charge in [-0.25, -0.2) is 8.91 Å². The molecule has 0 aromatic carbocycles. The zero-order valence-corrected chi connectivity index (χ0v) is 15.8. The largest absolute Gasteiger partial charge is 0.471 e. The molecule has 4 rings (SSSR count). The summed E-state index contributed by atoms with van der Waals surface area (Å²) in [6.07, 6.45) is 2.02. The van der Waals surface area contributed by atoms with E-state index >= 15 is 0 Å². The molecule has 1 unspecified atom stereocenters. The summed E-state index contributed by atoms with van der Waals surface area (Å²) in [6.45, 7) is -1.88. The zero-order chi connectivity index (χ0) is 22.2. The molecule has 0 saturated carbocycles.